The minimum absolute atomic E-state index is 0.311. The van der Waals surface area contributed by atoms with E-state index in [1.165, 1.54) is 23.5 Å². The van der Waals surface area contributed by atoms with E-state index in [0.29, 0.717) is 23.0 Å². The molecule has 0 unspecified atom stereocenters. The first kappa shape index (κ1) is 22.4. The van der Waals surface area contributed by atoms with Gasteiger partial charge in [0, 0.05) is 21.7 Å². The molecule has 1 aromatic carbocycles. The lowest BCUT2D eigenvalue weighted by Crippen LogP contribution is -2.41. The van der Waals surface area contributed by atoms with Crippen LogP contribution in [-0.4, -0.2) is 34.8 Å². The van der Waals surface area contributed by atoms with Crippen molar-refractivity contribution in [3.63, 3.8) is 0 Å². The molecule has 3 aliphatic heterocycles. The number of hydrogen-bond acceptors (Lipinski definition) is 8. The zero-order chi connectivity index (χ0) is 22.4. The van der Waals surface area contributed by atoms with Gasteiger partial charge in [-0.15, -0.1) is 11.8 Å². The van der Waals surface area contributed by atoms with Crippen molar-refractivity contribution in [2.24, 2.45) is 0 Å². The smallest absolute Gasteiger partial charge is 0.345 e. The van der Waals surface area contributed by atoms with Crippen LogP contribution in [0.15, 0.2) is 44.4 Å². The SMILES string of the molecule is CCOC(=O)C1=C[C@@]2(SC=C(C(=O)OCC)S2)C2=C(S1)C(C)(C)Nc1c(C)cccc12. The summed E-state index contributed by atoms with van der Waals surface area (Å²) in [6.07, 6.45) is 1.96. The first-order valence-corrected chi connectivity index (χ1v) is 12.7. The Labute approximate surface area is 195 Å². The molecular formula is C23H25NO4S3. The van der Waals surface area contributed by atoms with Crippen molar-refractivity contribution in [1.82, 2.24) is 0 Å². The summed E-state index contributed by atoms with van der Waals surface area (Å²) >= 11 is 4.44. The van der Waals surface area contributed by atoms with E-state index in [1.807, 2.05) is 17.6 Å². The maximum atomic E-state index is 12.8. The number of thioether (sulfide) groups is 3. The molecule has 3 aliphatic rings. The Morgan fingerprint density at radius 1 is 1.06 bits per heavy atom. The molecule has 1 N–H and O–H groups in total. The van der Waals surface area contributed by atoms with E-state index in [9.17, 15) is 9.59 Å². The normalized spacial score (nSPS) is 23.4. The number of carbonyl (C=O) groups excluding carboxylic acids is 2. The molecule has 0 aliphatic carbocycles. The van der Waals surface area contributed by atoms with Crippen LogP contribution in [0.3, 0.4) is 0 Å². The van der Waals surface area contributed by atoms with Crippen LogP contribution in [0.25, 0.3) is 5.57 Å². The lowest BCUT2D eigenvalue weighted by Gasteiger charge is -2.45. The summed E-state index contributed by atoms with van der Waals surface area (Å²) in [5.74, 6) is -0.670. The number of fused-ring (bicyclic) bond motifs is 3. The molecule has 5 nitrogen and oxygen atoms in total. The van der Waals surface area contributed by atoms with Gasteiger partial charge in [0.05, 0.1) is 23.7 Å². The van der Waals surface area contributed by atoms with E-state index < -0.39 is 9.62 Å². The van der Waals surface area contributed by atoms with Crippen molar-refractivity contribution in [3.8, 4) is 0 Å². The van der Waals surface area contributed by atoms with Crippen molar-refractivity contribution in [2.45, 2.75) is 44.2 Å². The summed E-state index contributed by atoms with van der Waals surface area (Å²) in [7, 11) is 0. The van der Waals surface area contributed by atoms with Crippen LogP contribution in [0.4, 0.5) is 5.69 Å². The molecule has 31 heavy (non-hydrogen) atoms. The molecular weight excluding hydrogens is 450 g/mol. The number of hydrogen-bond donors (Lipinski definition) is 1. The van der Waals surface area contributed by atoms with Gasteiger partial charge < -0.3 is 14.8 Å². The Kier molecular flexibility index (Phi) is 6.00. The topological polar surface area (TPSA) is 64.6 Å². The Bertz CT molecular complexity index is 1060. The first-order valence-electron chi connectivity index (χ1n) is 10.2. The molecule has 0 saturated heterocycles. The standard InChI is InChI=1S/C23H25NO4S3/c1-6-27-20(25)15-11-23(29-12-16(31-23)21(26)28-7-2)17-14-10-8-9-13(3)18(14)24-22(4,5)19(17)30-15/h8-12,24H,6-7H2,1-5H3/t23-/m0/s1. The van der Waals surface area contributed by atoms with Crippen LogP contribution in [0.2, 0.25) is 0 Å². The van der Waals surface area contributed by atoms with E-state index in [1.54, 1.807) is 25.6 Å². The Hall–Kier alpha value is -1.77. The second kappa shape index (κ2) is 8.30. The summed E-state index contributed by atoms with van der Waals surface area (Å²) in [6, 6.07) is 6.24. The minimum atomic E-state index is -0.646. The maximum Gasteiger partial charge on any atom is 0.345 e. The van der Waals surface area contributed by atoms with Crippen molar-refractivity contribution in [3.05, 3.63) is 55.5 Å². The van der Waals surface area contributed by atoms with E-state index in [4.69, 9.17) is 9.47 Å². The van der Waals surface area contributed by atoms with Crippen molar-refractivity contribution in [1.29, 1.82) is 0 Å². The van der Waals surface area contributed by atoms with Crippen LogP contribution < -0.4 is 5.32 Å². The van der Waals surface area contributed by atoms with Gasteiger partial charge in [-0.2, -0.15) is 0 Å². The number of para-hydroxylation sites is 1. The third-order valence-electron chi connectivity index (χ3n) is 5.21. The predicted molar refractivity (Wildman–Crippen MR) is 131 cm³/mol. The van der Waals surface area contributed by atoms with Crippen molar-refractivity contribution in [2.75, 3.05) is 18.5 Å². The Balaban J connectivity index is 1.89. The van der Waals surface area contributed by atoms with E-state index >= 15 is 0 Å². The predicted octanol–water partition coefficient (Wildman–Crippen LogP) is 5.68. The number of rotatable bonds is 4. The highest BCUT2D eigenvalue weighted by atomic mass is 32.2. The highest BCUT2D eigenvalue weighted by molar-refractivity contribution is 8.25. The quantitative estimate of drug-likeness (QED) is 0.558. The molecule has 1 aromatic rings. The zero-order valence-electron chi connectivity index (χ0n) is 18.2. The lowest BCUT2D eigenvalue weighted by atomic mass is 9.86. The lowest BCUT2D eigenvalue weighted by molar-refractivity contribution is -0.138. The molecule has 0 fully saturated rings. The van der Waals surface area contributed by atoms with Crippen LogP contribution in [0.1, 0.15) is 38.8 Å². The third kappa shape index (κ3) is 3.83. The second-order valence-electron chi connectivity index (χ2n) is 7.87. The summed E-state index contributed by atoms with van der Waals surface area (Å²) in [5, 5.41) is 5.52. The van der Waals surface area contributed by atoms with Gasteiger partial charge >= 0.3 is 11.9 Å². The van der Waals surface area contributed by atoms with Gasteiger partial charge in [-0.3, -0.25) is 0 Å². The molecule has 164 valence electrons. The molecule has 0 amide bonds. The molecule has 8 heteroatoms. The zero-order valence-corrected chi connectivity index (χ0v) is 20.6. The third-order valence-corrected chi connectivity index (χ3v) is 9.48. The highest BCUT2D eigenvalue weighted by Crippen LogP contribution is 2.65. The van der Waals surface area contributed by atoms with Gasteiger partial charge in [-0.25, -0.2) is 9.59 Å². The molecule has 1 spiro atoms. The van der Waals surface area contributed by atoms with E-state index in [2.05, 4.69) is 38.2 Å². The van der Waals surface area contributed by atoms with Gasteiger partial charge in [-0.05, 0) is 51.7 Å². The summed E-state index contributed by atoms with van der Waals surface area (Å²) in [5.41, 5.74) is 4.07. The fourth-order valence-corrected chi connectivity index (χ4v) is 8.23. The first-order chi connectivity index (χ1) is 14.7. The van der Waals surface area contributed by atoms with Crippen molar-refractivity contribution >= 4 is 58.5 Å². The molecule has 0 saturated carbocycles. The highest BCUT2D eigenvalue weighted by Gasteiger charge is 2.51. The number of benzene rings is 1. The number of ether oxygens (including phenoxy) is 2. The number of esters is 2. The summed E-state index contributed by atoms with van der Waals surface area (Å²) in [4.78, 5) is 27.4. The van der Waals surface area contributed by atoms with Crippen LogP contribution >= 0.6 is 35.3 Å². The molecule has 0 radical (unpaired) electrons. The largest absolute Gasteiger partial charge is 0.462 e. The fraction of sp³-hybridized carbons (Fsp3) is 0.391. The monoisotopic (exact) mass is 475 g/mol. The Morgan fingerprint density at radius 2 is 1.74 bits per heavy atom. The van der Waals surface area contributed by atoms with Gasteiger partial charge in [0.1, 0.15) is 8.98 Å². The second-order valence-corrected chi connectivity index (χ2v) is 11.6. The average Bonchev–Trinajstić information content (AvgIpc) is 3.13. The van der Waals surface area contributed by atoms with E-state index in [-0.39, 0.29) is 11.9 Å². The minimum Gasteiger partial charge on any atom is -0.462 e. The van der Waals surface area contributed by atoms with Crippen LogP contribution in [-0.2, 0) is 19.1 Å². The number of carbonyl (C=O) groups is 2. The Morgan fingerprint density at radius 3 is 2.42 bits per heavy atom. The number of anilines is 1. The van der Waals surface area contributed by atoms with Crippen LogP contribution in [0.5, 0.6) is 0 Å². The molecule has 0 bridgehead atoms. The maximum absolute atomic E-state index is 12.8. The van der Waals surface area contributed by atoms with E-state index in [0.717, 1.165) is 27.3 Å². The van der Waals surface area contributed by atoms with Gasteiger partial charge in [0.15, 0.2) is 0 Å². The number of nitrogens with one attached hydrogen (secondary N) is 1. The molecule has 4 rings (SSSR count). The van der Waals surface area contributed by atoms with Gasteiger partial charge in [0.25, 0.3) is 0 Å². The number of aryl methyl sites for hydroxylation is 1. The fourth-order valence-electron chi connectivity index (χ4n) is 3.88. The summed E-state index contributed by atoms with van der Waals surface area (Å²) in [6.45, 7) is 10.6. The average molecular weight is 476 g/mol. The molecule has 0 aromatic heterocycles. The molecule has 3 heterocycles. The summed E-state index contributed by atoms with van der Waals surface area (Å²) < 4.78 is 9.94. The van der Waals surface area contributed by atoms with Gasteiger partial charge in [-0.1, -0.05) is 41.7 Å². The van der Waals surface area contributed by atoms with Crippen LogP contribution in [0, 0.1) is 6.92 Å². The van der Waals surface area contributed by atoms with Crippen molar-refractivity contribution < 1.29 is 19.1 Å². The van der Waals surface area contributed by atoms with Gasteiger partial charge in [0.2, 0.25) is 0 Å². The molecule has 1 atom stereocenters.